The first-order valence-electron chi connectivity index (χ1n) is 5.33. The Labute approximate surface area is 101 Å². The Bertz CT molecular complexity index is 717. The summed E-state index contributed by atoms with van der Waals surface area (Å²) in [6.07, 6.45) is 1.43. The van der Waals surface area contributed by atoms with Gasteiger partial charge in [-0.3, -0.25) is 20.6 Å². The highest BCUT2D eigenvalue weighted by atomic mass is 16.1. The van der Waals surface area contributed by atoms with Crippen molar-refractivity contribution in [1.29, 1.82) is 0 Å². The van der Waals surface area contributed by atoms with Crippen LogP contribution in [0.1, 0.15) is 0 Å². The highest BCUT2D eigenvalue weighted by molar-refractivity contribution is 5.69. The predicted molar refractivity (Wildman–Crippen MR) is 68.2 cm³/mol. The zero-order valence-corrected chi connectivity index (χ0v) is 9.27. The molecule has 0 radical (unpaired) electrons. The van der Waals surface area contributed by atoms with E-state index in [2.05, 4.69) is 30.8 Å². The Morgan fingerprint density at radius 3 is 2.78 bits per heavy atom. The Morgan fingerprint density at radius 1 is 1.11 bits per heavy atom. The normalized spacial score (nSPS) is 10.4. The lowest BCUT2D eigenvalue weighted by molar-refractivity contribution is 1.13. The minimum absolute atomic E-state index is 0.269. The quantitative estimate of drug-likeness (QED) is 0.515. The van der Waals surface area contributed by atoms with Gasteiger partial charge in [0.05, 0.1) is 12.0 Å². The molecule has 18 heavy (non-hydrogen) atoms. The molecule has 0 unspecified atom stereocenters. The van der Waals surface area contributed by atoms with E-state index in [1.165, 1.54) is 6.33 Å². The van der Waals surface area contributed by atoms with Crippen LogP contribution in [0, 0.1) is 0 Å². The van der Waals surface area contributed by atoms with Crippen LogP contribution in [0.25, 0.3) is 11.2 Å². The van der Waals surface area contributed by atoms with Crippen molar-refractivity contribution in [3.05, 3.63) is 47.0 Å². The number of anilines is 2. The topological polar surface area (TPSA) is 98.5 Å². The number of aromatic nitrogens is 4. The number of hydrazine groups is 1. The van der Waals surface area contributed by atoms with Crippen molar-refractivity contribution in [1.82, 2.24) is 19.9 Å². The summed E-state index contributed by atoms with van der Waals surface area (Å²) in [6, 6.07) is 9.49. The van der Waals surface area contributed by atoms with E-state index in [1.807, 2.05) is 30.3 Å². The second-order valence-electron chi connectivity index (χ2n) is 3.63. The number of hydrogen-bond acceptors (Lipinski definition) is 5. The molecule has 3 aromatic rings. The van der Waals surface area contributed by atoms with Gasteiger partial charge >= 0.3 is 0 Å². The predicted octanol–water partition coefficient (Wildman–Crippen LogP) is 1.09. The van der Waals surface area contributed by atoms with Crippen molar-refractivity contribution in [2.75, 3.05) is 10.9 Å². The summed E-state index contributed by atoms with van der Waals surface area (Å²) in [5.41, 5.74) is 7.06. The zero-order chi connectivity index (χ0) is 12.4. The Kier molecular flexibility index (Phi) is 2.41. The number of nitrogens with zero attached hydrogens (tertiary/aromatic N) is 2. The number of imidazole rings is 1. The molecule has 0 spiro atoms. The van der Waals surface area contributed by atoms with E-state index < -0.39 is 0 Å². The van der Waals surface area contributed by atoms with Gasteiger partial charge in [-0.2, -0.15) is 4.98 Å². The number of benzene rings is 1. The second kappa shape index (κ2) is 4.21. The van der Waals surface area contributed by atoms with Crippen molar-refractivity contribution in [2.45, 2.75) is 0 Å². The fraction of sp³-hybridized carbons (Fsp3) is 0. The molecule has 7 nitrogen and oxygen atoms in total. The largest absolute Gasteiger partial charge is 0.339 e. The van der Waals surface area contributed by atoms with Gasteiger partial charge in [0.15, 0.2) is 11.2 Å². The minimum atomic E-state index is -0.269. The van der Waals surface area contributed by atoms with Crippen LogP contribution in [0.15, 0.2) is 41.5 Å². The number of fused-ring (bicyclic) bond motifs is 1. The standard InChI is InChI=1S/C11H10N6O/c18-10-8-9(13-6-12-8)14-11(15-10)17-16-7-4-2-1-3-5-7/h1-6,16H,(H3,12,13,14,15,17,18). The van der Waals surface area contributed by atoms with Crippen molar-refractivity contribution in [3.8, 4) is 0 Å². The van der Waals surface area contributed by atoms with Crippen molar-refractivity contribution >= 4 is 22.8 Å². The molecule has 0 saturated carbocycles. The SMILES string of the molecule is O=c1[nH]c(NNc2ccccc2)nc2nc[nH]c12. The molecule has 2 aromatic heterocycles. The van der Waals surface area contributed by atoms with Gasteiger partial charge in [0.2, 0.25) is 5.95 Å². The zero-order valence-electron chi connectivity index (χ0n) is 9.27. The van der Waals surface area contributed by atoms with Crippen LogP contribution in [0.2, 0.25) is 0 Å². The number of H-pyrrole nitrogens is 2. The van der Waals surface area contributed by atoms with Crippen LogP contribution in [0.5, 0.6) is 0 Å². The molecular formula is C11H10N6O. The average molecular weight is 242 g/mol. The van der Waals surface area contributed by atoms with Gasteiger partial charge in [-0.25, -0.2) is 4.98 Å². The summed E-state index contributed by atoms with van der Waals surface area (Å²) in [6.45, 7) is 0. The minimum Gasteiger partial charge on any atom is -0.339 e. The smallest absolute Gasteiger partial charge is 0.278 e. The maximum Gasteiger partial charge on any atom is 0.278 e. The summed E-state index contributed by atoms with van der Waals surface area (Å²) < 4.78 is 0. The van der Waals surface area contributed by atoms with E-state index in [1.54, 1.807) is 0 Å². The van der Waals surface area contributed by atoms with Gasteiger partial charge in [-0.15, -0.1) is 0 Å². The number of nitrogens with one attached hydrogen (secondary N) is 4. The van der Waals surface area contributed by atoms with Gasteiger partial charge < -0.3 is 4.98 Å². The fourth-order valence-electron chi connectivity index (χ4n) is 1.55. The van der Waals surface area contributed by atoms with Crippen molar-refractivity contribution < 1.29 is 0 Å². The number of aromatic amines is 2. The highest BCUT2D eigenvalue weighted by Gasteiger charge is 2.04. The van der Waals surface area contributed by atoms with E-state index in [-0.39, 0.29) is 5.56 Å². The van der Waals surface area contributed by atoms with Crippen LogP contribution in [-0.4, -0.2) is 19.9 Å². The van der Waals surface area contributed by atoms with Crippen LogP contribution in [0.3, 0.4) is 0 Å². The Balaban J connectivity index is 1.85. The maximum absolute atomic E-state index is 11.6. The third-order valence-corrected chi connectivity index (χ3v) is 2.40. The summed E-state index contributed by atoms with van der Waals surface area (Å²) in [4.78, 5) is 25.0. The van der Waals surface area contributed by atoms with Crippen LogP contribution >= 0.6 is 0 Å². The molecule has 3 rings (SSSR count). The lowest BCUT2D eigenvalue weighted by Gasteiger charge is -2.07. The molecule has 0 aliphatic rings. The lowest BCUT2D eigenvalue weighted by atomic mass is 10.3. The van der Waals surface area contributed by atoms with E-state index in [9.17, 15) is 4.79 Å². The van der Waals surface area contributed by atoms with Gasteiger partial charge in [0, 0.05) is 0 Å². The van der Waals surface area contributed by atoms with E-state index in [0.29, 0.717) is 17.1 Å². The summed E-state index contributed by atoms with van der Waals surface area (Å²) >= 11 is 0. The second-order valence-corrected chi connectivity index (χ2v) is 3.63. The molecular weight excluding hydrogens is 232 g/mol. The molecule has 0 amide bonds. The molecule has 90 valence electrons. The highest BCUT2D eigenvalue weighted by Crippen LogP contribution is 2.06. The molecule has 7 heteroatoms. The monoisotopic (exact) mass is 242 g/mol. The molecule has 0 aliphatic carbocycles. The number of rotatable bonds is 3. The molecule has 0 bridgehead atoms. The fourth-order valence-corrected chi connectivity index (χ4v) is 1.55. The first-order valence-corrected chi connectivity index (χ1v) is 5.33. The van der Waals surface area contributed by atoms with Gasteiger partial charge in [-0.1, -0.05) is 18.2 Å². The maximum atomic E-state index is 11.6. The van der Waals surface area contributed by atoms with Crippen molar-refractivity contribution in [3.63, 3.8) is 0 Å². The summed E-state index contributed by atoms with van der Waals surface area (Å²) in [5, 5.41) is 0. The summed E-state index contributed by atoms with van der Waals surface area (Å²) in [7, 11) is 0. The Morgan fingerprint density at radius 2 is 1.94 bits per heavy atom. The first kappa shape index (κ1) is 10.3. The number of hydrogen-bond donors (Lipinski definition) is 4. The average Bonchev–Trinajstić information content (AvgIpc) is 2.86. The van der Waals surface area contributed by atoms with Crippen LogP contribution in [-0.2, 0) is 0 Å². The molecule has 0 saturated heterocycles. The Hall–Kier alpha value is -2.83. The number of para-hydroxylation sites is 1. The van der Waals surface area contributed by atoms with Crippen LogP contribution < -0.4 is 16.4 Å². The summed E-state index contributed by atoms with van der Waals surface area (Å²) in [5.74, 6) is 0.309. The molecule has 0 atom stereocenters. The third kappa shape index (κ3) is 1.88. The molecule has 4 N–H and O–H groups in total. The molecule has 0 fully saturated rings. The van der Waals surface area contributed by atoms with E-state index in [4.69, 9.17) is 0 Å². The van der Waals surface area contributed by atoms with Crippen molar-refractivity contribution in [2.24, 2.45) is 0 Å². The van der Waals surface area contributed by atoms with E-state index in [0.717, 1.165) is 5.69 Å². The van der Waals surface area contributed by atoms with Crippen LogP contribution in [0.4, 0.5) is 11.6 Å². The van der Waals surface area contributed by atoms with Gasteiger partial charge in [-0.05, 0) is 12.1 Å². The molecule has 2 heterocycles. The third-order valence-electron chi connectivity index (χ3n) is 2.40. The molecule has 0 aliphatic heterocycles. The van der Waals surface area contributed by atoms with E-state index >= 15 is 0 Å². The molecule has 1 aromatic carbocycles. The first-order chi connectivity index (χ1) is 8.83. The van der Waals surface area contributed by atoms with Gasteiger partial charge in [0.25, 0.3) is 5.56 Å². The lowest BCUT2D eigenvalue weighted by Crippen LogP contribution is -2.17. The van der Waals surface area contributed by atoms with Gasteiger partial charge in [0.1, 0.15) is 0 Å².